The molecule has 3 atom stereocenters. The van der Waals surface area contributed by atoms with E-state index in [1.807, 2.05) is 4.90 Å². The highest BCUT2D eigenvalue weighted by Crippen LogP contribution is 2.32. The van der Waals surface area contributed by atoms with E-state index < -0.39 is 0 Å². The van der Waals surface area contributed by atoms with Gasteiger partial charge in [0, 0.05) is 19.1 Å². The van der Waals surface area contributed by atoms with Gasteiger partial charge in [-0.3, -0.25) is 4.79 Å². The van der Waals surface area contributed by atoms with Gasteiger partial charge in [-0.05, 0) is 18.8 Å². The average Bonchev–Trinajstić information content (AvgIpc) is 2.60. The van der Waals surface area contributed by atoms with Crippen molar-refractivity contribution in [1.29, 1.82) is 0 Å². The fourth-order valence-electron chi connectivity index (χ4n) is 2.77. The quantitative estimate of drug-likeness (QED) is 0.676. The van der Waals surface area contributed by atoms with E-state index in [0.717, 1.165) is 32.4 Å². The molecule has 0 spiro atoms. The van der Waals surface area contributed by atoms with Gasteiger partial charge in [-0.1, -0.05) is 13.3 Å². The minimum Gasteiger partial charge on any atom is -0.393 e. The second-order valence-corrected chi connectivity index (χ2v) is 4.62. The third-order valence-electron chi connectivity index (χ3n) is 3.72. The maximum atomic E-state index is 11.7. The van der Waals surface area contributed by atoms with Crippen molar-refractivity contribution in [3.63, 3.8) is 0 Å². The number of hydrogen-bond donors (Lipinski definition) is 2. The van der Waals surface area contributed by atoms with Gasteiger partial charge in [-0.15, -0.1) is 0 Å². The molecule has 0 aromatic heterocycles. The van der Waals surface area contributed by atoms with Crippen molar-refractivity contribution < 1.29 is 9.90 Å². The zero-order valence-corrected chi connectivity index (χ0v) is 9.28. The first-order chi connectivity index (χ1) is 7.22. The Morgan fingerprint density at radius 3 is 2.93 bits per heavy atom. The van der Waals surface area contributed by atoms with Gasteiger partial charge in [0.15, 0.2) is 0 Å². The molecule has 1 saturated heterocycles. The molecule has 1 saturated carbocycles. The molecule has 86 valence electrons. The molecule has 4 heteroatoms. The van der Waals surface area contributed by atoms with Crippen LogP contribution in [0.5, 0.6) is 0 Å². The van der Waals surface area contributed by atoms with Crippen LogP contribution in [-0.2, 0) is 4.79 Å². The summed E-state index contributed by atoms with van der Waals surface area (Å²) in [4.78, 5) is 13.6. The lowest BCUT2D eigenvalue weighted by atomic mass is 10.0. The second-order valence-electron chi connectivity index (χ2n) is 4.62. The van der Waals surface area contributed by atoms with E-state index in [4.69, 9.17) is 0 Å². The van der Waals surface area contributed by atoms with Gasteiger partial charge in [-0.25, -0.2) is 0 Å². The zero-order chi connectivity index (χ0) is 10.8. The van der Waals surface area contributed by atoms with Crippen LogP contribution in [0.1, 0.15) is 26.2 Å². The van der Waals surface area contributed by atoms with Crippen LogP contribution in [0, 0.1) is 5.92 Å². The first kappa shape index (κ1) is 10.9. The van der Waals surface area contributed by atoms with Gasteiger partial charge < -0.3 is 15.3 Å². The smallest absolute Gasteiger partial charge is 0.236 e. The summed E-state index contributed by atoms with van der Waals surface area (Å²) >= 11 is 0. The average molecular weight is 212 g/mol. The van der Waals surface area contributed by atoms with E-state index in [2.05, 4.69) is 12.2 Å². The minimum atomic E-state index is -0.206. The molecule has 1 heterocycles. The molecule has 0 aromatic carbocycles. The molecule has 0 bridgehead atoms. The van der Waals surface area contributed by atoms with E-state index in [9.17, 15) is 9.90 Å². The zero-order valence-electron chi connectivity index (χ0n) is 9.28. The Balaban J connectivity index is 1.96. The van der Waals surface area contributed by atoms with Crippen molar-refractivity contribution in [2.24, 2.45) is 5.92 Å². The monoisotopic (exact) mass is 212 g/mol. The SMILES string of the molecule is CCC1CC(N2CCNCC2=O)CC1O. The Kier molecular flexibility index (Phi) is 3.26. The second kappa shape index (κ2) is 4.49. The highest BCUT2D eigenvalue weighted by atomic mass is 16.3. The van der Waals surface area contributed by atoms with Crippen molar-refractivity contribution in [3.8, 4) is 0 Å². The fourth-order valence-corrected chi connectivity index (χ4v) is 2.77. The summed E-state index contributed by atoms with van der Waals surface area (Å²) in [5.41, 5.74) is 0. The predicted molar refractivity (Wildman–Crippen MR) is 57.4 cm³/mol. The molecule has 2 aliphatic rings. The third kappa shape index (κ3) is 2.16. The Hall–Kier alpha value is -0.610. The van der Waals surface area contributed by atoms with Crippen molar-refractivity contribution in [2.45, 2.75) is 38.3 Å². The first-order valence-electron chi connectivity index (χ1n) is 5.90. The number of aliphatic hydroxyl groups is 1. The summed E-state index contributed by atoms with van der Waals surface area (Å²) in [7, 11) is 0. The fraction of sp³-hybridized carbons (Fsp3) is 0.909. The first-order valence-corrected chi connectivity index (χ1v) is 5.90. The van der Waals surface area contributed by atoms with Gasteiger partial charge in [0.05, 0.1) is 12.6 Å². The van der Waals surface area contributed by atoms with E-state index in [-0.39, 0.29) is 18.1 Å². The molecule has 0 radical (unpaired) electrons. The summed E-state index contributed by atoms with van der Waals surface area (Å²) in [6, 6.07) is 0.277. The molecule has 1 aliphatic carbocycles. The number of carbonyl (C=O) groups excluding carboxylic acids is 1. The summed E-state index contributed by atoms with van der Waals surface area (Å²) in [5.74, 6) is 0.577. The van der Waals surface area contributed by atoms with Gasteiger partial charge in [0.2, 0.25) is 5.91 Å². The number of hydrogen-bond acceptors (Lipinski definition) is 3. The van der Waals surface area contributed by atoms with Crippen LogP contribution in [-0.4, -0.2) is 47.7 Å². The van der Waals surface area contributed by atoms with E-state index in [0.29, 0.717) is 12.5 Å². The van der Waals surface area contributed by atoms with Crippen LogP contribution in [0.25, 0.3) is 0 Å². The van der Waals surface area contributed by atoms with Crippen LogP contribution in [0.4, 0.5) is 0 Å². The number of rotatable bonds is 2. The minimum absolute atomic E-state index is 0.190. The van der Waals surface area contributed by atoms with Gasteiger partial charge in [0.1, 0.15) is 0 Å². The Morgan fingerprint density at radius 1 is 1.53 bits per heavy atom. The van der Waals surface area contributed by atoms with Gasteiger partial charge in [0.25, 0.3) is 0 Å². The number of piperazine rings is 1. The number of nitrogens with one attached hydrogen (secondary N) is 1. The Morgan fingerprint density at radius 2 is 2.33 bits per heavy atom. The van der Waals surface area contributed by atoms with Crippen molar-refractivity contribution >= 4 is 5.91 Å². The topological polar surface area (TPSA) is 52.6 Å². The van der Waals surface area contributed by atoms with E-state index in [1.165, 1.54) is 0 Å². The lowest BCUT2D eigenvalue weighted by Crippen LogP contribution is -2.51. The molecule has 2 N–H and O–H groups in total. The molecule has 2 rings (SSSR count). The number of carbonyl (C=O) groups is 1. The third-order valence-corrected chi connectivity index (χ3v) is 3.72. The largest absolute Gasteiger partial charge is 0.393 e. The number of amides is 1. The summed E-state index contributed by atoms with van der Waals surface area (Å²) in [6.07, 6.45) is 2.55. The van der Waals surface area contributed by atoms with Crippen molar-refractivity contribution in [1.82, 2.24) is 10.2 Å². The van der Waals surface area contributed by atoms with Gasteiger partial charge in [-0.2, -0.15) is 0 Å². The van der Waals surface area contributed by atoms with Crippen LogP contribution in [0.3, 0.4) is 0 Å². The summed E-state index contributed by atoms with van der Waals surface area (Å²) in [6.45, 7) is 4.25. The van der Waals surface area contributed by atoms with Gasteiger partial charge >= 0.3 is 0 Å². The summed E-state index contributed by atoms with van der Waals surface area (Å²) in [5, 5.41) is 12.9. The van der Waals surface area contributed by atoms with Crippen molar-refractivity contribution in [2.75, 3.05) is 19.6 Å². The van der Waals surface area contributed by atoms with Crippen LogP contribution in [0.2, 0.25) is 0 Å². The van der Waals surface area contributed by atoms with E-state index >= 15 is 0 Å². The normalized spacial score (nSPS) is 37.3. The number of aliphatic hydroxyl groups excluding tert-OH is 1. The standard InChI is InChI=1S/C11H20N2O2/c1-2-8-5-9(6-10(8)14)13-4-3-12-7-11(13)15/h8-10,12,14H,2-7H2,1H3. The number of nitrogens with zero attached hydrogens (tertiary/aromatic N) is 1. The van der Waals surface area contributed by atoms with Crippen LogP contribution >= 0.6 is 0 Å². The predicted octanol–water partition coefficient (Wildman–Crippen LogP) is -0.0323. The molecule has 3 unspecified atom stereocenters. The molecular weight excluding hydrogens is 192 g/mol. The Bertz CT molecular complexity index is 245. The lowest BCUT2D eigenvalue weighted by molar-refractivity contribution is -0.134. The maximum Gasteiger partial charge on any atom is 0.236 e. The highest BCUT2D eigenvalue weighted by molar-refractivity contribution is 5.79. The van der Waals surface area contributed by atoms with Crippen LogP contribution in [0.15, 0.2) is 0 Å². The molecule has 1 aliphatic heterocycles. The maximum absolute atomic E-state index is 11.7. The molecule has 15 heavy (non-hydrogen) atoms. The molecule has 0 aromatic rings. The summed E-state index contributed by atoms with van der Waals surface area (Å²) < 4.78 is 0. The van der Waals surface area contributed by atoms with E-state index in [1.54, 1.807) is 0 Å². The van der Waals surface area contributed by atoms with Crippen molar-refractivity contribution in [3.05, 3.63) is 0 Å². The Labute approximate surface area is 90.6 Å². The lowest BCUT2D eigenvalue weighted by Gasteiger charge is -2.32. The molecule has 2 fully saturated rings. The van der Waals surface area contributed by atoms with Crippen LogP contribution < -0.4 is 5.32 Å². The molecule has 4 nitrogen and oxygen atoms in total. The molecule has 1 amide bonds. The highest BCUT2D eigenvalue weighted by Gasteiger charge is 2.37. The molecular formula is C11H20N2O2.